The van der Waals surface area contributed by atoms with Crippen molar-refractivity contribution in [1.29, 1.82) is 0 Å². The van der Waals surface area contributed by atoms with Gasteiger partial charge in [0.15, 0.2) is 0 Å². The van der Waals surface area contributed by atoms with Gasteiger partial charge < -0.3 is 10.6 Å². The van der Waals surface area contributed by atoms with Crippen LogP contribution in [0.25, 0.3) is 0 Å². The number of hydrogen-bond acceptors (Lipinski definition) is 2. The van der Waals surface area contributed by atoms with Gasteiger partial charge in [-0.15, -0.1) is 0 Å². The van der Waals surface area contributed by atoms with E-state index in [9.17, 15) is 4.79 Å². The zero-order chi connectivity index (χ0) is 12.9. The molecule has 0 aliphatic heterocycles. The fourth-order valence-electron chi connectivity index (χ4n) is 2.14. The number of rotatable bonds is 8. The van der Waals surface area contributed by atoms with Crippen molar-refractivity contribution in [2.24, 2.45) is 17.1 Å². The average molecular weight is 240 g/mol. The van der Waals surface area contributed by atoms with E-state index >= 15 is 0 Å². The zero-order valence-electron chi connectivity index (χ0n) is 11.7. The molecule has 0 saturated heterocycles. The molecule has 1 fully saturated rings. The third-order valence-corrected chi connectivity index (χ3v) is 3.75. The van der Waals surface area contributed by atoms with Gasteiger partial charge in [-0.2, -0.15) is 0 Å². The maximum atomic E-state index is 12.1. The van der Waals surface area contributed by atoms with Gasteiger partial charge in [-0.25, -0.2) is 0 Å². The second-order valence-corrected chi connectivity index (χ2v) is 6.08. The van der Waals surface area contributed by atoms with Crippen LogP contribution in [-0.2, 0) is 4.79 Å². The molecule has 3 heteroatoms. The Morgan fingerprint density at radius 3 is 2.47 bits per heavy atom. The first-order valence-corrected chi connectivity index (χ1v) is 6.96. The van der Waals surface area contributed by atoms with Crippen molar-refractivity contribution in [3.8, 4) is 0 Å². The molecule has 0 aromatic carbocycles. The van der Waals surface area contributed by atoms with E-state index in [0.29, 0.717) is 18.9 Å². The second-order valence-electron chi connectivity index (χ2n) is 6.08. The summed E-state index contributed by atoms with van der Waals surface area (Å²) in [6, 6.07) is 0. The molecule has 3 nitrogen and oxygen atoms in total. The van der Waals surface area contributed by atoms with Gasteiger partial charge in [-0.3, -0.25) is 4.79 Å². The van der Waals surface area contributed by atoms with Gasteiger partial charge in [0.05, 0.1) is 0 Å². The van der Waals surface area contributed by atoms with Gasteiger partial charge >= 0.3 is 0 Å². The maximum absolute atomic E-state index is 12.1. The molecule has 1 aliphatic carbocycles. The van der Waals surface area contributed by atoms with E-state index in [1.807, 2.05) is 4.90 Å². The predicted molar refractivity (Wildman–Crippen MR) is 71.7 cm³/mol. The normalized spacial score (nSPS) is 16.0. The summed E-state index contributed by atoms with van der Waals surface area (Å²) in [5.74, 6) is 1.11. The van der Waals surface area contributed by atoms with Crippen LogP contribution in [0.2, 0.25) is 0 Å². The Morgan fingerprint density at radius 2 is 2.00 bits per heavy atom. The highest BCUT2D eigenvalue weighted by Crippen LogP contribution is 2.30. The third-order valence-electron chi connectivity index (χ3n) is 3.75. The number of nitrogens with zero attached hydrogens (tertiary/aromatic N) is 1. The first-order valence-electron chi connectivity index (χ1n) is 6.96. The first-order chi connectivity index (χ1) is 7.98. The van der Waals surface area contributed by atoms with Crippen LogP contribution in [0.1, 0.15) is 52.9 Å². The molecule has 1 saturated carbocycles. The van der Waals surface area contributed by atoms with Crippen molar-refractivity contribution in [2.45, 2.75) is 52.9 Å². The van der Waals surface area contributed by atoms with E-state index in [0.717, 1.165) is 31.8 Å². The molecule has 0 spiro atoms. The van der Waals surface area contributed by atoms with Gasteiger partial charge in [-0.05, 0) is 50.5 Å². The van der Waals surface area contributed by atoms with Gasteiger partial charge in [0.1, 0.15) is 0 Å². The van der Waals surface area contributed by atoms with E-state index in [4.69, 9.17) is 5.73 Å². The van der Waals surface area contributed by atoms with Gasteiger partial charge in [0.25, 0.3) is 0 Å². The van der Waals surface area contributed by atoms with Crippen molar-refractivity contribution in [3.63, 3.8) is 0 Å². The minimum absolute atomic E-state index is 0.198. The van der Waals surface area contributed by atoms with E-state index in [2.05, 4.69) is 20.8 Å². The highest BCUT2D eigenvalue weighted by molar-refractivity contribution is 5.76. The summed E-state index contributed by atoms with van der Waals surface area (Å²) in [5, 5.41) is 0. The molecule has 1 aliphatic rings. The fourth-order valence-corrected chi connectivity index (χ4v) is 2.14. The molecule has 0 bridgehead atoms. The lowest BCUT2D eigenvalue weighted by molar-refractivity contribution is -0.131. The minimum Gasteiger partial charge on any atom is -0.343 e. The van der Waals surface area contributed by atoms with Crippen LogP contribution in [-0.4, -0.2) is 30.4 Å². The van der Waals surface area contributed by atoms with Crippen LogP contribution in [0.3, 0.4) is 0 Å². The SMILES string of the molecule is CCN(CC1CC1)C(=O)CCC(C)(C)CCN. The third kappa shape index (κ3) is 5.53. The summed E-state index contributed by atoms with van der Waals surface area (Å²) in [7, 11) is 0. The van der Waals surface area contributed by atoms with Gasteiger partial charge in [0, 0.05) is 19.5 Å². The Bertz CT molecular complexity index is 247. The number of amides is 1. The summed E-state index contributed by atoms with van der Waals surface area (Å²) >= 11 is 0. The number of hydrogen-bond donors (Lipinski definition) is 1. The predicted octanol–water partition coefficient (Wildman–Crippen LogP) is 2.40. The maximum Gasteiger partial charge on any atom is 0.222 e. The lowest BCUT2D eigenvalue weighted by Crippen LogP contribution is -2.33. The molecule has 0 aromatic rings. The van der Waals surface area contributed by atoms with Crippen molar-refractivity contribution in [3.05, 3.63) is 0 Å². The molecule has 100 valence electrons. The van der Waals surface area contributed by atoms with Gasteiger partial charge in [-0.1, -0.05) is 13.8 Å². The van der Waals surface area contributed by atoms with Crippen LogP contribution in [0.5, 0.6) is 0 Å². The van der Waals surface area contributed by atoms with Crippen LogP contribution in [0.15, 0.2) is 0 Å². The van der Waals surface area contributed by atoms with Crippen molar-refractivity contribution >= 4 is 5.91 Å². The Morgan fingerprint density at radius 1 is 1.35 bits per heavy atom. The summed E-state index contributed by atoms with van der Waals surface area (Å²) in [6.07, 6.45) is 5.23. The highest BCUT2D eigenvalue weighted by atomic mass is 16.2. The second kappa shape index (κ2) is 6.39. The quantitative estimate of drug-likeness (QED) is 0.708. The van der Waals surface area contributed by atoms with Crippen LogP contribution in [0.4, 0.5) is 0 Å². The molecule has 2 N–H and O–H groups in total. The Labute approximate surface area is 106 Å². The van der Waals surface area contributed by atoms with E-state index in [1.54, 1.807) is 0 Å². The molecule has 0 radical (unpaired) electrons. The Kier molecular flexibility index (Phi) is 5.44. The largest absolute Gasteiger partial charge is 0.343 e. The summed E-state index contributed by atoms with van der Waals surface area (Å²) in [4.78, 5) is 14.1. The summed E-state index contributed by atoms with van der Waals surface area (Å²) in [5.41, 5.74) is 5.78. The van der Waals surface area contributed by atoms with Crippen molar-refractivity contribution in [2.75, 3.05) is 19.6 Å². The van der Waals surface area contributed by atoms with Crippen LogP contribution >= 0.6 is 0 Å². The molecular weight excluding hydrogens is 212 g/mol. The number of carbonyl (C=O) groups is 1. The van der Waals surface area contributed by atoms with E-state index < -0.39 is 0 Å². The topological polar surface area (TPSA) is 46.3 Å². The fraction of sp³-hybridized carbons (Fsp3) is 0.929. The zero-order valence-corrected chi connectivity index (χ0v) is 11.7. The van der Waals surface area contributed by atoms with Crippen molar-refractivity contribution < 1.29 is 4.79 Å². The average Bonchev–Trinajstić information content (AvgIpc) is 3.06. The van der Waals surface area contributed by atoms with E-state index in [-0.39, 0.29) is 5.41 Å². The molecule has 17 heavy (non-hydrogen) atoms. The number of nitrogens with two attached hydrogens (primary N) is 1. The Hall–Kier alpha value is -0.570. The summed E-state index contributed by atoms with van der Waals surface area (Å²) < 4.78 is 0. The molecule has 1 amide bonds. The van der Waals surface area contributed by atoms with Crippen LogP contribution < -0.4 is 5.73 Å². The molecule has 0 unspecified atom stereocenters. The standard InChI is InChI=1S/C14H28N2O/c1-4-16(11-12-5-6-12)13(17)7-8-14(2,3)9-10-15/h12H,4-11,15H2,1-3H3. The molecule has 0 atom stereocenters. The minimum atomic E-state index is 0.198. The monoisotopic (exact) mass is 240 g/mol. The molecule has 0 aromatic heterocycles. The molecule has 0 heterocycles. The molecule has 1 rings (SSSR count). The lowest BCUT2D eigenvalue weighted by atomic mass is 9.84. The number of carbonyl (C=O) groups excluding carboxylic acids is 1. The first kappa shape index (κ1) is 14.5. The van der Waals surface area contributed by atoms with Gasteiger partial charge in [0.2, 0.25) is 5.91 Å². The van der Waals surface area contributed by atoms with E-state index in [1.165, 1.54) is 12.8 Å². The lowest BCUT2D eigenvalue weighted by Gasteiger charge is -2.26. The summed E-state index contributed by atoms with van der Waals surface area (Å²) in [6.45, 7) is 9.01. The molecular formula is C14H28N2O. The highest BCUT2D eigenvalue weighted by Gasteiger charge is 2.26. The van der Waals surface area contributed by atoms with Crippen molar-refractivity contribution in [1.82, 2.24) is 4.90 Å². The van der Waals surface area contributed by atoms with Crippen LogP contribution in [0, 0.1) is 11.3 Å². The Balaban J connectivity index is 2.30. The smallest absolute Gasteiger partial charge is 0.222 e.